The number of benzene rings is 3. The number of hydrogen-bond acceptors (Lipinski definition) is 10. The number of aliphatic hydroxyl groups is 2. The molecular weight excluding hydrogens is 596 g/mol. The minimum absolute atomic E-state index is 0.210. The predicted octanol–water partition coefficient (Wildman–Crippen LogP) is 4.50. The maximum atomic E-state index is 11.3. The Balaban J connectivity index is 1.35. The zero-order valence-electron chi connectivity index (χ0n) is 26.1. The molecule has 3 aromatic rings. The van der Waals surface area contributed by atoms with Crippen LogP contribution in [-0.4, -0.2) is 91.6 Å². The lowest BCUT2D eigenvalue weighted by atomic mass is 9.97. The molecule has 2 aliphatic rings. The van der Waals surface area contributed by atoms with E-state index in [9.17, 15) is 10.2 Å². The van der Waals surface area contributed by atoms with Gasteiger partial charge >= 0.3 is 0 Å². The first kappa shape index (κ1) is 34.0. The van der Waals surface area contributed by atoms with Crippen LogP contribution in [0.3, 0.4) is 0 Å². The highest BCUT2D eigenvalue weighted by Gasteiger charge is 2.52. The molecule has 2 N–H and O–H groups in total. The summed E-state index contributed by atoms with van der Waals surface area (Å²) in [4.78, 5) is 0.931. The van der Waals surface area contributed by atoms with E-state index < -0.39 is 60.6 Å². The number of hydrogen-bond donors (Lipinski definition) is 2. The largest absolute Gasteiger partial charge is 0.387 e. The zero-order valence-corrected chi connectivity index (χ0v) is 27.0. The van der Waals surface area contributed by atoms with Crippen LogP contribution in [0.2, 0.25) is 0 Å². The molecule has 0 aromatic heterocycles. The van der Waals surface area contributed by atoms with E-state index in [2.05, 4.69) is 0 Å². The van der Waals surface area contributed by atoms with Gasteiger partial charge in [0.2, 0.25) is 0 Å². The maximum absolute atomic E-state index is 11.3. The fourth-order valence-corrected chi connectivity index (χ4v) is 6.76. The molecule has 10 atom stereocenters. The molecule has 0 saturated carbocycles. The molecular formula is C35H44O9S. The van der Waals surface area contributed by atoms with Gasteiger partial charge in [-0.05, 0) is 37.1 Å². The first-order chi connectivity index (χ1) is 21.9. The molecule has 0 unspecified atom stereocenters. The van der Waals surface area contributed by atoms with E-state index in [4.69, 9.17) is 33.2 Å². The van der Waals surface area contributed by atoms with E-state index in [0.29, 0.717) is 6.61 Å². The molecule has 2 aliphatic heterocycles. The van der Waals surface area contributed by atoms with Crippen LogP contribution in [0.1, 0.15) is 23.6 Å². The van der Waals surface area contributed by atoms with E-state index in [0.717, 1.165) is 21.6 Å². The Hall–Kier alpha value is -2.35. The van der Waals surface area contributed by atoms with Crippen LogP contribution in [0.15, 0.2) is 89.8 Å². The second-order valence-electron chi connectivity index (χ2n) is 11.4. The van der Waals surface area contributed by atoms with Crippen molar-refractivity contribution in [1.82, 2.24) is 0 Å². The van der Waals surface area contributed by atoms with Crippen LogP contribution in [-0.2, 0) is 46.4 Å². The zero-order chi connectivity index (χ0) is 31.8. The summed E-state index contributed by atoms with van der Waals surface area (Å²) < 4.78 is 43.6. The van der Waals surface area contributed by atoms with Crippen LogP contribution in [0, 0.1) is 6.92 Å². The lowest BCUT2D eigenvalue weighted by Crippen LogP contribution is -2.64. The molecule has 0 spiro atoms. The minimum Gasteiger partial charge on any atom is -0.387 e. The van der Waals surface area contributed by atoms with Crippen molar-refractivity contribution in [2.75, 3.05) is 20.8 Å². The average Bonchev–Trinajstić information content (AvgIpc) is 3.06. The van der Waals surface area contributed by atoms with Gasteiger partial charge in [-0.2, -0.15) is 0 Å². The van der Waals surface area contributed by atoms with Gasteiger partial charge in [-0.15, -0.1) is 0 Å². The average molecular weight is 641 g/mol. The molecule has 45 heavy (non-hydrogen) atoms. The highest BCUT2D eigenvalue weighted by Crippen LogP contribution is 2.37. The van der Waals surface area contributed by atoms with E-state index in [-0.39, 0.29) is 13.2 Å². The third kappa shape index (κ3) is 8.72. The Kier molecular flexibility index (Phi) is 12.4. The van der Waals surface area contributed by atoms with Gasteiger partial charge in [0.15, 0.2) is 6.29 Å². The van der Waals surface area contributed by atoms with Crippen molar-refractivity contribution in [3.63, 3.8) is 0 Å². The molecule has 0 aliphatic carbocycles. The fraction of sp³-hybridized carbons (Fsp3) is 0.486. The Morgan fingerprint density at radius 1 is 0.711 bits per heavy atom. The summed E-state index contributed by atoms with van der Waals surface area (Å²) >= 11 is 1.36. The Morgan fingerprint density at radius 3 is 1.89 bits per heavy atom. The summed E-state index contributed by atoms with van der Waals surface area (Å²) in [5.41, 5.74) is 2.43. The predicted molar refractivity (Wildman–Crippen MR) is 170 cm³/mol. The van der Waals surface area contributed by atoms with Gasteiger partial charge in [0.05, 0.1) is 25.9 Å². The topological polar surface area (TPSA) is 105 Å². The quantitative estimate of drug-likeness (QED) is 0.278. The molecule has 2 fully saturated rings. The summed E-state index contributed by atoms with van der Waals surface area (Å²) in [5.74, 6) is 0. The van der Waals surface area contributed by atoms with E-state index in [1.165, 1.54) is 11.8 Å². The number of rotatable bonds is 13. The van der Waals surface area contributed by atoms with Crippen molar-refractivity contribution in [2.45, 2.75) is 92.5 Å². The highest BCUT2D eigenvalue weighted by molar-refractivity contribution is 7.99. The number of aliphatic hydroxyl groups excluding tert-OH is 2. The molecule has 2 saturated heterocycles. The second kappa shape index (κ2) is 16.5. The van der Waals surface area contributed by atoms with Gasteiger partial charge < -0.3 is 43.4 Å². The van der Waals surface area contributed by atoms with Gasteiger partial charge in [-0.3, -0.25) is 0 Å². The maximum Gasteiger partial charge on any atom is 0.187 e. The van der Waals surface area contributed by atoms with Crippen LogP contribution in [0.4, 0.5) is 0 Å². The minimum atomic E-state index is -1.25. The standard InChI is InChI=1S/C35H44O9S/c1-22-15-17-26(18-16-22)45-35-29(37)28(36)30(23(2)42-35)44-34-33(41-20-25-13-9-6-10-14-25)32(39-4)31(27(43-34)21-38-3)40-19-24-11-7-5-8-12-24/h5-18,23,27-37H,19-21H2,1-4H3/t23-,27+,28-,29+,30-,31+,32-,33+,34-,35-/m0/s1. The van der Waals surface area contributed by atoms with Crippen LogP contribution in [0.5, 0.6) is 0 Å². The van der Waals surface area contributed by atoms with Crippen molar-refractivity contribution in [2.24, 2.45) is 0 Å². The molecule has 3 aromatic carbocycles. The van der Waals surface area contributed by atoms with Crippen molar-refractivity contribution in [3.05, 3.63) is 102 Å². The fourth-order valence-electron chi connectivity index (χ4n) is 5.66. The SMILES string of the molecule is COC[C@H]1O[C@@H](O[C@@H]2[C@@H](O)[C@@H](O)[C@H](Sc3ccc(C)cc3)O[C@H]2C)[C@H](OCc2ccccc2)[C@@H](OC)[C@@H]1OCc1ccccc1. The summed E-state index contributed by atoms with van der Waals surface area (Å²) in [6.45, 7) is 4.65. The Labute approximate surface area is 269 Å². The molecule has 9 nitrogen and oxygen atoms in total. The molecule has 0 radical (unpaired) electrons. The summed E-state index contributed by atoms with van der Waals surface area (Å²) in [7, 11) is 3.20. The van der Waals surface area contributed by atoms with Crippen LogP contribution < -0.4 is 0 Å². The van der Waals surface area contributed by atoms with Crippen molar-refractivity contribution < 1.29 is 43.4 Å². The van der Waals surface area contributed by atoms with E-state index in [1.807, 2.05) is 98.8 Å². The monoisotopic (exact) mass is 640 g/mol. The first-order valence-electron chi connectivity index (χ1n) is 15.3. The Bertz CT molecular complexity index is 1280. The Morgan fingerprint density at radius 2 is 1.31 bits per heavy atom. The van der Waals surface area contributed by atoms with Gasteiger partial charge in [-0.25, -0.2) is 0 Å². The van der Waals surface area contributed by atoms with E-state index in [1.54, 1.807) is 14.2 Å². The molecule has 2 heterocycles. The number of thioether (sulfide) groups is 1. The number of aryl methyl sites for hydroxylation is 1. The molecule has 0 bridgehead atoms. The number of methoxy groups -OCH3 is 2. The van der Waals surface area contributed by atoms with Gasteiger partial charge in [0.1, 0.15) is 48.2 Å². The van der Waals surface area contributed by atoms with Gasteiger partial charge in [0, 0.05) is 19.1 Å². The normalized spacial score (nSPS) is 32.0. The van der Waals surface area contributed by atoms with Crippen molar-refractivity contribution in [3.8, 4) is 0 Å². The van der Waals surface area contributed by atoms with Crippen LogP contribution >= 0.6 is 11.8 Å². The van der Waals surface area contributed by atoms with Crippen LogP contribution in [0.25, 0.3) is 0 Å². The molecule has 0 amide bonds. The second-order valence-corrected chi connectivity index (χ2v) is 12.6. The first-order valence-corrected chi connectivity index (χ1v) is 16.1. The van der Waals surface area contributed by atoms with Crippen molar-refractivity contribution in [1.29, 1.82) is 0 Å². The highest BCUT2D eigenvalue weighted by atomic mass is 32.2. The molecule has 10 heteroatoms. The van der Waals surface area contributed by atoms with Gasteiger partial charge in [-0.1, -0.05) is 90.1 Å². The van der Waals surface area contributed by atoms with Crippen molar-refractivity contribution >= 4 is 11.8 Å². The summed E-state index contributed by atoms with van der Waals surface area (Å²) in [6.07, 6.45) is -7.41. The molecule has 244 valence electrons. The molecule has 5 rings (SSSR count). The summed E-state index contributed by atoms with van der Waals surface area (Å²) in [6, 6.07) is 27.6. The van der Waals surface area contributed by atoms with Gasteiger partial charge in [0.25, 0.3) is 0 Å². The lowest BCUT2D eigenvalue weighted by Gasteiger charge is -2.48. The third-order valence-corrected chi connectivity index (χ3v) is 9.27. The lowest BCUT2D eigenvalue weighted by molar-refractivity contribution is -0.350. The number of ether oxygens (including phenoxy) is 7. The van der Waals surface area contributed by atoms with E-state index >= 15 is 0 Å². The summed E-state index contributed by atoms with van der Waals surface area (Å²) in [5, 5.41) is 22.5. The smallest absolute Gasteiger partial charge is 0.187 e. The third-order valence-electron chi connectivity index (χ3n) is 8.11.